The second-order valence-corrected chi connectivity index (χ2v) is 7.04. The Kier molecular flexibility index (Phi) is 4.75. The van der Waals surface area contributed by atoms with Crippen molar-refractivity contribution in [1.82, 2.24) is 19.4 Å². The van der Waals surface area contributed by atoms with Gasteiger partial charge in [0.25, 0.3) is 5.91 Å². The number of carbonyl (C=O) groups is 1. The Bertz CT molecular complexity index is 909. The number of pyridine rings is 1. The Hall–Kier alpha value is -2.60. The lowest BCUT2D eigenvalue weighted by molar-refractivity contribution is 0.0735. The Labute approximate surface area is 157 Å². The zero-order chi connectivity index (χ0) is 17.9. The van der Waals surface area contributed by atoms with E-state index in [2.05, 4.69) is 9.97 Å². The molecule has 132 valence electrons. The molecule has 0 bridgehead atoms. The average Bonchev–Trinajstić information content (AvgIpc) is 3.37. The maximum Gasteiger partial charge on any atom is 0.254 e. The van der Waals surface area contributed by atoms with Crippen LogP contribution in [0.1, 0.15) is 34.8 Å². The van der Waals surface area contributed by atoms with Crippen LogP contribution in [0.2, 0.25) is 0 Å². The summed E-state index contributed by atoms with van der Waals surface area (Å²) in [5.74, 6) is 0.0805. The predicted molar refractivity (Wildman–Crippen MR) is 103 cm³/mol. The number of nitrogens with zero attached hydrogens (tertiary/aromatic N) is 4. The molecule has 1 saturated heterocycles. The second-order valence-electron chi connectivity index (χ2n) is 6.27. The first-order chi connectivity index (χ1) is 12.8. The van der Waals surface area contributed by atoms with Gasteiger partial charge in [-0.3, -0.25) is 14.3 Å². The Morgan fingerprint density at radius 1 is 1.19 bits per heavy atom. The van der Waals surface area contributed by atoms with E-state index in [0.717, 1.165) is 35.8 Å². The van der Waals surface area contributed by atoms with E-state index in [1.807, 2.05) is 58.3 Å². The Balaban J connectivity index is 1.63. The van der Waals surface area contributed by atoms with Gasteiger partial charge in [0.2, 0.25) is 0 Å². The summed E-state index contributed by atoms with van der Waals surface area (Å²) < 4.78 is 2.01. The van der Waals surface area contributed by atoms with Crippen LogP contribution < -0.4 is 0 Å². The third kappa shape index (κ3) is 3.12. The molecule has 1 unspecified atom stereocenters. The molecule has 0 N–H and O–H groups in total. The summed E-state index contributed by atoms with van der Waals surface area (Å²) >= 11 is 1.58. The minimum absolute atomic E-state index is 0.0805. The summed E-state index contributed by atoms with van der Waals surface area (Å²) in [6, 6.07) is 11.9. The SMILES string of the molecule is CSc1nccn1-c1cccc(C(=O)N2CCCC2c2ccncc2)c1. The lowest BCUT2D eigenvalue weighted by Crippen LogP contribution is -2.30. The summed E-state index contributed by atoms with van der Waals surface area (Å²) in [7, 11) is 0. The molecule has 4 rings (SSSR count). The van der Waals surface area contributed by atoms with Crippen LogP contribution in [-0.4, -0.2) is 38.1 Å². The summed E-state index contributed by atoms with van der Waals surface area (Å²) in [6.07, 6.45) is 11.3. The molecule has 26 heavy (non-hydrogen) atoms. The van der Waals surface area contributed by atoms with Gasteiger partial charge in [-0.2, -0.15) is 0 Å². The molecule has 1 fully saturated rings. The molecule has 1 aromatic carbocycles. The second kappa shape index (κ2) is 7.33. The van der Waals surface area contributed by atoms with Crippen molar-refractivity contribution in [3.8, 4) is 5.69 Å². The first-order valence-corrected chi connectivity index (χ1v) is 9.89. The number of hydrogen-bond acceptors (Lipinski definition) is 4. The molecule has 0 saturated carbocycles. The maximum atomic E-state index is 13.2. The third-order valence-corrected chi connectivity index (χ3v) is 5.43. The quantitative estimate of drug-likeness (QED) is 0.658. The standard InChI is InChI=1S/C20H20N4OS/c1-26-20-22-11-13-23(20)17-5-2-4-16(14-17)19(25)24-12-3-6-18(24)15-7-9-21-10-8-15/h2,4-5,7-11,13-14,18H,3,6,12H2,1H3. The Morgan fingerprint density at radius 2 is 2.04 bits per heavy atom. The van der Waals surface area contributed by atoms with Crippen LogP contribution >= 0.6 is 11.8 Å². The molecule has 3 aromatic rings. The van der Waals surface area contributed by atoms with Crippen molar-refractivity contribution in [3.05, 3.63) is 72.3 Å². The number of likely N-dealkylation sites (tertiary alicyclic amines) is 1. The van der Waals surface area contributed by atoms with Crippen LogP contribution in [0.5, 0.6) is 0 Å². The fourth-order valence-corrected chi connectivity index (χ4v) is 4.06. The van der Waals surface area contributed by atoms with Gasteiger partial charge in [-0.25, -0.2) is 4.98 Å². The molecule has 3 heterocycles. The van der Waals surface area contributed by atoms with Crippen LogP contribution in [0, 0.1) is 0 Å². The van der Waals surface area contributed by atoms with Gasteiger partial charge < -0.3 is 4.90 Å². The molecular weight excluding hydrogens is 344 g/mol. The minimum Gasteiger partial charge on any atom is -0.332 e. The van der Waals surface area contributed by atoms with Crippen molar-refractivity contribution in [2.45, 2.75) is 24.0 Å². The normalized spacial score (nSPS) is 16.8. The molecule has 5 nitrogen and oxygen atoms in total. The van der Waals surface area contributed by atoms with Crippen LogP contribution in [0.3, 0.4) is 0 Å². The van der Waals surface area contributed by atoms with E-state index < -0.39 is 0 Å². The van der Waals surface area contributed by atoms with E-state index >= 15 is 0 Å². The van der Waals surface area contributed by atoms with Crippen LogP contribution in [0.25, 0.3) is 5.69 Å². The van der Waals surface area contributed by atoms with Gasteiger partial charge in [-0.05, 0) is 55.0 Å². The molecule has 2 aromatic heterocycles. The highest BCUT2D eigenvalue weighted by Crippen LogP contribution is 2.33. The summed E-state index contributed by atoms with van der Waals surface area (Å²) in [5, 5.41) is 0.908. The molecular formula is C20H20N4OS. The first kappa shape index (κ1) is 16.8. The van der Waals surface area contributed by atoms with Gasteiger partial charge in [0.1, 0.15) is 0 Å². The monoisotopic (exact) mass is 364 g/mol. The minimum atomic E-state index is 0.0805. The lowest BCUT2D eigenvalue weighted by atomic mass is 10.1. The van der Waals surface area contributed by atoms with E-state index in [9.17, 15) is 4.79 Å². The first-order valence-electron chi connectivity index (χ1n) is 8.66. The topological polar surface area (TPSA) is 51.0 Å². The number of carbonyl (C=O) groups excluding carboxylic acids is 1. The highest BCUT2D eigenvalue weighted by atomic mass is 32.2. The lowest BCUT2D eigenvalue weighted by Gasteiger charge is -2.25. The summed E-state index contributed by atoms with van der Waals surface area (Å²) in [4.78, 5) is 23.6. The molecule has 1 atom stereocenters. The third-order valence-electron chi connectivity index (χ3n) is 4.77. The van der Waals surface area contributed by atoms with Gasteiger partial charge in [-0.1, -0.05) is 17.8 Å². The zero-order valence-corrected chi connectivity index (χ0v) is 15.4. The number of thioether (sulfide) groups is 1. The van der Waals surface area contributed by atoms with Crippen molar-refractivity contribution in [1.29, 1.82) is 0 Å². The van der Waals surface area contributed by atoms with Crippen molar-refractivity contribution >= 4 is 17.7 Å². The Morgan fingerprint density at radius 3 is 2.85 bits per heavy atom. The largest absolute Gasteiger partial charge is 0.332 e. The van der Waals surface area contributed by atoms with Crippen LogP contribution in [0.15, 0.2) is 66.3 Å². The van der Waals surface area contributed by atoms with E-state index in [0.29, 0.717) is 5.56 Å². The predicted octanol–water partition coefficient (Wildman–Crippen LogP) is 3.97. The van der Waals surface area contributed by atoms with E-state index in [4.69, 9.17) is 0 Å². The molecule has 1 aliphatic rings. The highest BCUT2D eigenvalue weighted by molar-refractivity contribution is 7.98. The number of rotatable bonds is 4. The van der Waals surface area contributed by atoms with Gasteiger partial charge in [0, 0.05) is 42.6 Å². The molecule has 1 amide bonds. The van der Waals surface area contributed by atoms with E-state index in [1.54, 1.807) is 30.4 Å². The van der Waals surface area contributed by atoms with Gasteiger partial charge in [-0.15, -0.1) is 0 Å². The number of imidazole rings is 1. The smallest absolute Gasteiger partial charge is 0.254 e. The number of amides is 1. The van der Waals surface area contributed by atoms with E-state index in [-0.39, 0.29) is 11.9 Å². The molecule has 6 heteroatoms. The van der Waals surface area contributed by atoms with Crippen molar-refractivity contribution in [3.63, 3.8) is 0 Å². The van der Waals surface area contributed by atoms with Crippen molar-refractivity contribution in [2.75, 3.05) is 12.8 Å². The van der Waals surface area contributed by atoms with Crippen molar-refractivity contribution in [2.24, 2.45) is 0 Å². The molecule has 0 aliphatic carbocycles. The van der Waals surface area contributed by atoms with Gasteiger partial charge in [0.05, 0.1) is 6.04 Å². The highest BCUT2D eigenvalue weighted by Gasteiger charge is 2.30. The van der Waals surface area contributed by atoms with Crippen LogP contribution in [0.4, 0.5) is 0 Å². The zero-order valence-electron chi connectivity index (χ0n) is 14.6. The molecule has 0 spiro atoms. The summed E-state index contributed by atoms with van der Waals surface area (Å²) in [5.41, 5.74) is 2.82. The number of aromatic nitrogens is 3. The fraction of sp³-hybridized carbons (Fsp3) is 0.250. The maximum absolute atomic E-state index is 13.2. The van der Waals surface area contributed by atoms with Gasteiger partial charge in [0.15, 0.2) is 5.16 Å². The fourth-order valence-electron chi connectivity index (χ4n) is 3.53. The number of hydrogen-bond donors (Lipinski definition) is 0. The molecule has 0 radical (unpaired) electrons. The molecule has 1 aliphatic heterocycles. The number of benzene rings is 1. The average molecular weight is 364 g/mol. The van der Waals surface area contributed by atoms with Gasteiger partial charge >= 0.3 is 0 Å². The summed E-state index contributed by atoms with van der Waals surface area (Å²) in [6.45, 7) is 0.789. The van der Waals surface area contributed by atoms with Crippen LogP contribution in [-0.2, 0) is 0 Å². The van der Waals surface area contributed by atoms with Crippen molar-refractivity contribution < 1.29 is 4.79 Å². The van der Waals surface area contributed by atoms with E-state index in [1.165, 1.54) is 0 Å².